The number of hydrazine groups is 1. The van der Waals surface area contributed by atoms with Gasteiger partial charge in [0.15, 0.2) is 0 Å². The summed E-state index contributed by atoms with van der Waals surface area (Å²) in [5, 5.41) is 3.38. The van der Waals surface area contributed by atoms with Crippen molar-refractivity contribution in [2.24, 2.45) is 11.8 Å². The average molecular weight is 221 g/mol. The minimum Gasteiger partial charge on any atom is -0.369 e. The highest BCUT2D eigenvalue weighted by Crippen LogP contribution is 2.25. The van der Waals surface area contributed by atoms with Crippen molar-refractivity contribution < 1.29 is 0 Å². The van der Waals surface area contributed by atoms with E-state index in [1.54, 1.807) is 0 Å². The third-order valence-corrected chi connectivity index (χ3v) is 3.25. The summed E-state index contributed by atoms with van der Waals surface area (Å²) in [4.78, 5) is 8.28. The molecule has 0 spiro atoms. The van der Waals surface area contributed by atoms with Gasteiger partial charge in [-0.1, -0.05) is 12.8 Å². The highest BCUT2D eigenvalue weighted by molar-refractivity contribution is 5.55. The lowest BCUT2D eigenvalue weighted by molar-refractivity contribution is 0.578. The Morgan fingerprint density at radius 1 is 1.31 bits per heavy atom. The minimum atomic E-state index is 0.684. The van der Waals surface area contributed by atoms with Crippen molar-refractivity contribution in [3.8, 4) is 0 Å². The van der Waals surface area contributed by atoms with Gasteiger partial charge in [0.25, 0.3) is 0 Å². The Morgan fingerprint density at radius 2 is 2.00 bits per heavy atom. The number of hydrogen-bond acceptors (Lipinski definition) is 5. The molecule has 0 saturated heterocycles. The summed E-state index contributed by atoms with van der Waals surface area (Å²) >= 11 is 0. The summed E-state index contributed by atoms with van der Waals surface area (Å²) in [6.07, 6.45) is 6.92. The van der Waals surface area contributed by atoms with Gasteiger partial charge in [-0.2, -0.15) is 0 Å². The SMILES string of the molecule is Cc1c(NN)ncnc1NCC1CCCC1. The molecule has 4 N–H and O–H groups in total. The van der Waals surface area contributed by atoms with Crippen molar-refractivity contribution in [2.75, 3.05) is 17.3 Å². The van der Waals surface area contributed by atoms with Crippen LogP contribution in [-0.4, -0.2) is 16.5 Å². The highest BCUT2D eigenvalue weighted by atomic mass is 15.3. The van der Waals surface area contributed by atoms with Gasteiger partial charge in [0.05, 0.1) is 0 Å². The van der Waals surface area contributed by atoms with Gasteiger partial charge < -0.3 is 10.7 Å². The highest BCUT2D eigenvalue weighted by Gasteiger charge is 2.15. The number of nitrogens with one attached hydrogen (secondary N) is 2. The minimum absolute atomic E-state index is 0.684. The lowest BCUT2D eigenvalue weighted by Gasteiger charge is -2.13. The molecule has 0 radical (unpaired) electrons. The van der Waals surface area contributed by atoms with Crippen LogP contribution >= 0.6 is 0 Å². The maximum Gasteiger partial charge on any atom is 0.148 e. The maximum absolute atomic E-state index is 5.37. The molecule has 1 saturated carbocycles. The molecule has 0 amide bonds. The van der Waals surface area contributed by atoms with Crippen LogP contribution in [0.15, 0.2) is 6.33 Å². The van der Waals surface area contributed by atoms with E-state index in [2.05, 4.69) is 20.7 Å². The standard InChI is InChI=1S/C11H19N5/c1-8-10(14-7-15-11(8)16-12)13-6-9-4-2-3-5-9/h7,9H,2-6,12H2,1H3,(H2,13,14,15,16). The number of aromatic nitrogens is 2. The number of anilines is 2. The fourth-order valence-electron chi connectivity index (χ4n) is 2.23. The fourth-order valence-corrected chi connectivity index (χ4v) is 2.23. The molecule has 1 aliphatic rings. The van der Waals surface area contributed by atoms with E-state index in [0.29, 0.717) is 5.82 Å². The van der Waals surface area contributed by atoms with Gasteiger partial charge in [0.2, 0.25) is 0 Å². The summed E-state index contributed by atoms with van der Waals surface area (Å²) in [5.74, 6) is 7.73. The zero-order chi connectivity index (χ0) is 11.4. The molecule has 88 valence electrons. The first-order valence-electron chi connectivity index (χ1n) is 5.83. The van der Waals surface area contributed by atoms with Crippen molar-refractivity contribution in [1.29, 1.82) is 0 Å². The van der Waals surface area contributed by atoms with Crippen molar-refractivity contribution >= 4 is 11.6 Å². The molecule has 0 aromatic carbocycles. The molecule has 16 heavy (non-hydrogen) atoms. The van der Waals surface area contributed by atoms with E-state index < -0.39 is 0 Å². The van der Waals surface area contributed by atoms with Gasteiger partial charge in [-0.25, -0.2) is 15.8 Å². The van der Waals surface area contributed by atoms with Gasteiger partial charge >= 0.3 is 0 Å². The molecule has 1 aromatic heterocycles. The molecule has 2 rings (SSSR count). The lowest BCUT2D eigenvalue weighted by atomic mass is 10.1. The zero-order valence-electron chi connectivity index (χ0n) is 9.66. The Hall–Kier alpha value is -1.36. The number of nitrogen functional groups attached to an aromatic ring is 1. The second kappa shape index (κ2) is 5.12. The maximum atomic E-state index is 5.37. The third-order valence-electron chi connectivity index (χ3n) is 3.25. The monoisotopic (exact) mass is 221 g/mol. The quantitative estimate of drug-likeness (QED) is 0.532. The van der Waals surface area contributed by atoms with E-state index >= 15 is 0 Å². The first-order chi connectivity index (χ1) is 7.81. The summed E-state index contributed by atoms with van der Waals surface area (Å²) < 4.78 is 0. The largest absolute Gasteiger partial charge is 0.369 e. The zero-order valence-corrected chi connectivity index (χ0v) is 9.66. The molecule has 5 heteroatoms. The molecule has 1 heterocycles. The predicted octanol–water partition coefficient (Wildman–Crippen LogP) is 1.67. The number of hydrogen-bond donors (Lipinski definition) is 3. The topological polar surface area (TPSA) is 75.9 Å². The van der Waals surface area contributed by atoms with Crippen molar-refractivity contribution in [3.05, 3.63) is 11.9 Å². The van der Waals surface area contributed by atoms with Crippen LogP contribution in [0.5, 0.6) is 0 Å². The van der Waals surface area contributed by atoms with E-state index in [1.807, 2.05) is 6.92 Å². The van der Waals surface area contributed by atoms with E-state index in [4.69, 9.17) is 5.84 Å². The lowest BCUT2D eigenvalue weighted by Crippen LogP contribution is -2.15. The molecule has 0 unspecified atom stereocenters. The number of nitrogens with two attached hydrogens (primary N) is 1. The summed E-state index contributed by atoms with van der Waals surface area (Å²) in [6, 6.07) is 0. The van der Waals surface area contributed by atoms with Crippen LogP contribution in [0.4, 0.5) is 11.6 Å². The smallest absolute Gasteiger partial charge is 0.148 e. The third kappa shape index (κ3) is 2.41. The number of nitrogens with zero attached hydrogens (tertiary/aromatic N) is 2. The molecular formula is C11H19N5. The average Bonchev–Trinajstić information content (AvgIpc) is 2.81. The van der Waals surface area contributed by atoms with E-state index in [9.17, 15) is 0 Å². The van der Waals surface area contributed by atoms with Gasteiger partial charge in [-0.05, 0) is 25.7 Å². The van der Waals surface area contributed by atoms with Crippen LogP contribution in [0, 0.1) is 12.8 Å². The normalized spacial score (nSPS) is 16.4. The van der Waals surface area contributed by atoms with E-state index in [1.165, 1.54) is 32.0 Å². The van der Waals surface area contributed by atoms with Gasteiger partial charge in [0, 0.05) is 12.1 Å². The Bertz CT molecular complexity index is 346. The molecular weight excluding hydrogens is 202 g/mol. The molecule has 0 aliphatic heterocycles. The fraction of sp³-hybridized carbons (Fsp3) is 0.636. The van der Waals surface area contributed by atoms with Gasteiger partial charge in [0.1, 0.15) is 18.0 Å². The van der Waals surface area contributed by atoms with Crippen LogP contribution in [0.2, 0.25) is 0 Å². The summed E-state index contributed by atoms with van der Waals surface area (Å²) in [5.41, 5.74) is 3.55. The van der Waals surface area contributed by atoms with E-state index in [-0.39, 0.29) is 0 Å². The predicted molar refractivity (Wildman–Crippen MR) is 65.0 cm³/mol. The summed E-state index contributed by atoms with van der Waals surface area (Å²) in [6.45, 7) is 2.97. The Kier molecular flexibility index (Phi) is 3.56. The second-order valence-corrected chi connectivity index (χ2v) is 4.37. The van der Waals surface area contributed by atoms with Crippen LogP contribution in [0.3, 0.4) is 0 Å². The molecule has 0 bridgehead atoms. The summed E-state index contributed by atoms with van der Waals surface area (Å²) in [7, 11) is 0. The Labute approximate surface area is 95.8 Å². The first-order valence-corrected chi connectivity index (χ1v) is 5.83. The van der Waals surface area contributed by atoms with E-state index in [0.717, 1.165) is 23.8 Å². The molecule has 1 fully saturated rings. The van der Waals surface area contributed by atoms with Crippen LogP contribution in [0.1, 0.15) is 31.2 Å². The van der Waals surface area contributed by atoms with Crippen LogP contribution < -0.4 is 16.6 Å². The van der Waals surface area contributed by atoms with Crippen LogP contribution in [-0.2, 0) is 0 Å². The van der Waals surface area contributed by atoms with Gasteiger partial charge in [-0.15, -0.1) is 0 Å². The van der Waals surface area contributed by atoms with Crippen molar-refractivity contribution in [1.82, 2.24) is 9.97 Å². The molecule has 1 aliphatic carbocycles. The number of rotatable bonds is 4. The van der Waals surface area contributed by atoms with Gasteiger partial charge in [-0.3, -0.25) is 0 Å². The van der Waals surface area contributed by atoms with Crippen molar-refractivity contribution in [2.45, 2.75) is 32.6 Å². The Morgan fingerprint density at radius 3 is 2.69 bits per heavy atom. The van der Waals surface area contributed by atoms with Crippen molar-refractivity contribution in [3.63, 3.8) is 0 Å². The molecule has 1 aromatic rings. The first kappa shape index (κ1) is 11.1. The molecule has 0 atom stereocenters. The Balaban J connectivity index is 1.97. The molecule has 5 nitrogen and oxygen atoms in total. The second-order valence-electron chi connectivity index (χ2n) is 4.37. The van der Waals surface area contributed by atoms with Crippen LogP contribution in [0.25, 0.3) is 0 Å².